The molecule has 1 aliphatic heterocycles. The summed E-state index contributed by atoms with van der Waals surface area (Å²) in [5.74, 6) is -0.184. The minimum atomic E-state index is -0.437. The number of aliphatic hydroxyl groups is 1. The van der Waals surface area contributed by atoms with Crippen LogP contribution >= 0.6 is 0 Å². The molecular weight excluding hydrogens is 522 g/mol. The van der Waals surface area contributed by atoms with E-state index in [2.05, 4.69) is 34.6 Å². The highest BCUT2D eigenvalue weighted by Crippen LogP contribution is 2.44. The highest BCUT2D eigenvalue weighted by Gasteiger charge is 2.31. The molecule has 3 aromatic rings. The van der Waals surface area contributed by atoms with E-state index in [9.17, 15) is 14.7 Å². The van der Waals surface area contributed by atoms with Crippen molar-refractivity contribution in [1.29, 1.82) is 0 Å². The van der Waals surface area contributed by atoms with Crippen molar-refractivity contribution in [1.82, 2.24) is 24.8 Å². The average Bonchev–Trinajstić information content (AvgIpc) is 3.57. The second kappa shape index (κ2) is 12.8. The lowest BCUT2D eigenvalue weighted by Gasteiger charge is -2.35. The number of likely N-dealkylation sites (N-methyl/N-ethyl adjacent to an activating group) is 1. The van der Waals surface area contributed by atoms with Gasteiger partial charge in [0, 0.05) is 38.4 Å². The first-order chi connectivity index (χ1) is 19.9. The molecule has 218 valence electrons. The van der Waals surface area contributed by atoms with E-state index in [1.807, 2.05) is 44.3 Å². The Bertz CT molecular complexity index is 1310. The van der Waals surface area contributed by atoms with Gasteiger partial charge in [-0.1, -0.05) is 60.7 Å². The summed E-state index contributed by atoms with van der Waals surface area (Å²) >= 11 is 0. The van der Waals surface area contributed by atoms with Gasteiger partial charge in [-0.25, -0.2) is 4.79 Å². The van der Waals surface area contributed by atoms with Crippen molar-refractivity contribution in [3.05, 3.63) is 71.5 Å². The minimum Gasteiger partial charge on any atom is -0.448 e. The van der Waals surface area contributed by atoms with Gasteiger partial charge in [-0.05, 0) is 35.6 Å². The van der Waals surface area contributed by atoms with Crippen molar-refractivity contribution in [3.63, 3.8) is 0 Å². The SMILES string of the molecule is C[C@H](CO)N1C[C@H](C)[C@H](CN(C)C(=O)OCC2c3ccccc3-c3ccccc32)OCc2cn(nn2)CCCC1=O. The molecule has 10 nitrogen and oxygen atoms in total. The van der Waals surface area contributed by atoms with Gasteiger partial charge in [0.05, 0.1) is 38.1 Å². The van der Waals surface area contributed by atoms with Crippen LogP contribution < -0.4 is 0 Å². The number of hydrogen-bond donors (Lipinski definition) is 1. The third-order valence-electron chi connectivity index (χ3n) is 8.15. The zero-order valence-electron chi connectivity index (χ0n) is 24.0. The number of aryl methyl sites for hydroxylation is 1. The molecule has 2 bridgehead atoms. The molecule has 0 unspecified atom stereocenters. The molecule has 41 heavy (non-hydrogen) atoms. The fourth-order valence-corrected chi connectivity index (χ4v) is 5.74. The molecule has 2 aromatic carbocycles. The van der Waals surface area contributed by atoms with Gasteiger partial charge in [0.25, 0.3) is 0 Å². The summed E-state index contributed by atoms with van der Waals surface area (Å²) in [6.07, 6.45) is 1.95. The second-order valence-electron chi connectivity index (χ2n) is 11.2. The molecule has 2 heterocycles. The standard InChI is InChI=1S/C31H39N5O5/c1-21-15-36(22(2)18-37)30(38)13-8-14-35-16-23(32-33-35)19-40-29(21)17-34(3)31(39)41-20-28-26-11-6-4-9-24(26)25-10-5-7-12-27(25)28/h4-7,9-12,16,21-22,28-29,37H,8,13-15,17-20H2,1-3H3/t21-,22+,29-/m0/s1. The first-order valence-corrected chi connectivity index (χ1v) is 14.3. The van der Waals surface area contributed by atoms with Crippen LogP contribution in [0, 0.1) is 5.92 Å². The summed E-state index contributed by atoms with van der Waals surface area (Å²) in [4.78, 5) is 29.6. The Hall–Kier alpha value is -3.76. The predicted molar refractivity (Wildman–Crippen MR) is 153 cm³/mol. The smallest absolute Gasteiger partial charge is 0.409 e. The Morgan fingerprint density at radius 1 is 1.17 bits per heavy atom. The van der Waals surface area contributed by atoms with Crippen molar-refractivity contribution < 1.29 is 24.2 Å². The van der Waals surface area contributed by atoms with E-state index in [0.717, 1.165) is 11.1 Å². The molecule has 1 aromatic heterocycles. The molecule has 10 heteroatoms. The number of aliphatic hydroxyl groups excluding tert-OH is 1. The van der Waals surface area contributed by atoms with E-state index in [1.165, 1.54) is 16.0 Å². The van der Waals surface area contributed by atoms with Gasteiger partial charge in [0.2, 0.25) is 5.91 Å². The number of aromatic nitrogens is 3. The predicted octanol–water partition coefficient (Wildman–Crippen LogP) is 3.68. The fourth-order valence-electron chi connectivity index (χ4n) is 5.74. The summed E-state index contributed by atoms with van der Waals surface area (Å²) in [6.45, 7) is 5.41. The Kier molecular flexibility index (Phi) is 8.99. The number of carbonyl (C=O) groups is 2. The maximum Gasteiger partial charge on any atom is 0.409 e. The molecule has 0 fully saturated rings. The zero-order valence-corrected chi connectivity index (χ0v) is 24.0. The van der Waals surface area contributed by atoms with Crippen molar-refractivity contribution in [2.24, 2.45) is 5.92 Å². The Labute approximate surface area is 240 Å². The Morgan fingerprint density at radius 3 is 2.54 bits per heavy atom. The number of hydrogen-bond acceptors (Lipinski definition) is 7. The van der Waals surface area contributed by atoms with E-state index < -0.39 is 12.2 Å². The lowest BCUT2D eigenvalue weighted by molar-refractivity contribution is -0.136. The van der Waals surface area contributed by atoms with E-state index in [1.54, 1.807) is 16.6 Å². The number of fused-ring (bicyclic) bond motifs is 5. The maximum absolute atomic E-state index is 13.2. The number of amides is 2. The van der Waals surface area contributed by atoms with Crippen LogP contribution in [0.4, 0.5) is 4.79 Å². The van der Waals surface area contributed by atoms with Crippen LogP contribution in [0.2, 0.25) is 0 Å². The minimum absolute atomic E-state index is 0.0256. The average molecular weight is 562 g/mol. The maximum atomic E-state index is 13.2. The van der Waals surface area contributed by atoms with E-state index in [4.69, 9.17) is 9.47 Å². The van der Waals surface area contributed by atoms with Gasteiger partial charge in [-0.3, -0.25) is 9.48 Å². The highest BCUT2D eigenvalue weighted by molar-refractivity contribution is 5.79. The lowest BCUT2D eigenvalue weighted by atomic mass is 9.98. The van der Waals surface area contributed by atoms with Crippen LogP contribution in [0.1, 0.15) is 49.4 Å². The van der Waals surface area contributed by atoms with Gasteiger partial charge in [0.1, 0.15) is 12.3 Å². The third kappa shape index (κ3) is 6.44. The van der Waals surface area contributed by atoms with Gasteiger partial charge in [-0.2, -0.15) is 0 Å². The van der Waals surface area contributed by atoms with Crippen LogP contribution in [0.5, 0.6) is 0 Å². The summed E-state index contributed by atoms with van der Waals surface area (Å²) in [5, 5.41) is 18.2. The monoisotopic (exact) mass is 561 g/mol. The largest absolute Gasteiger partial charge is 0.448 e. The molecule has 5 rings (SSSR count). The van der Waals surface area contributed by atoms with Crippen molar-refractivity contribution in [2.45, 2.75) is 57.9 Å². The van der Waals surface area contributed by atoms with Crippen LogP contribution in [0.3, 0.4) is 0 Å². The lowest BCUT2D eigenvalue weighted by Crippen LogP contribution is -2.47. The molecule has 0 saturated carbocycles. The topological polar surface area (TPSA) is 110 Å². The molecule has 0 radical (unpaired) electrons. The van der Waals surface area contributed by atoms with Crippen molar-refractivity contribution >= 4 is 12.0 Å². The molecule has 0 spiro atoms. The number of rotatable bonds is 6. The number of ether oxygens (including phenoxy) is 2. The first kappa shape index (κ1) is 28.8. The summed E-state index contributed by atoms with van der Waals surface area (Å²) < 4.78 is 13.9. The van der Waals surface area contributed by atoms with Gasteiger partial charge < -0.3 is 24.4 Å². The van der Waals surface area contributed by atoms with E-state index in [0.29, 0.717) is 31.6 Å². The highest BCUT2D eigenvalue weighted by atomic mass is 16.6. The Balaban J connectivity index is 1.28. The summed E-state index contributed by atoms with van der Waals surface area (Å²) in [5.41, 5.74) is 5.37. The number of nitrogens with zero attached hydrogens (tertiary/aromatic N) is 5. The molecule has 2 amide bonds. The van der Waals surface area contributed by atoms with Crippen LogP contribution in [0.25, 0.3) is 11.1 Å². The fraction of sp³-hybridized carbons (Fsp3) is 0.484. The third-order valence-corrected chi connectivity index (χ3v) is 8.15. The van der Waals surface area contributed by atoms with Gasteiger partial charge in [-0.15, -0.1) is 5.10 Å². The summed E-state index contributed by atoms with van der Waals surface area (Å²) in [7, 11) is 1.70. The second-order valence-corrected chi connectivity index (χ2v) is 11.2. The van der Waals surface area contributed by atoms with Gasteiger partial charge in [0.15, 0.2) is 0 Å². The number of benzene rings is 2. The molecular formula is C31H39N5O5. The molecule has 1 aliphatic carbocycles. The quantitative estimate of drug-likeness (QED) is 0.489. The zero-order chi connectivity index (χ0) is 28.9. The molecule has 3 atom stereocenters. The van der Waals surface area contributed by atoms with Crippen LogP contribution in [0.15, 0.2) is 54.7 Å². The van der Waals surface area contributed by atoms with Gasteiger partial charge >= 0.3 is 6.09 Å². The number of carbonyl (C=O) groups excluding carboxylic acids is 2. The summed E-state index contributed by atoms with van der Waals surface area (Å²) in [6, 6.07) is 16.2. The molecule has 2 aliphatic rings. The van der Waals surface area contributed by atoms with E-state index >= 15 is 0 Å². The Morgan fingerprint density at radius 2 is 1.85 bits per heavy atom. The molecule has 0 saturated heterocycles. The van der Waals surface area contributed by atoms with Crippen molar-refractivity contribution in [2.75, 3.05) is 33.4 Å². The first-order valence-electron chi connectivity index (χ1n) is 14.3. The molecule has 1 N–H and O–H groups in total. The van der Waals surface area contributed by atoms with Crippen LogP contribution in [-0.4, -0.2) is 87.4 Å². The van der Waals surface area contributed by atoms with Crippen molar-refractivity contribution in [3.8, 4) is 11.1 Å². The normalized spacial score (nSPS) is 20.3. The van der Waals surface area contributed by atoms with Crippen LogP contribution in [-0.2, 0) is 27.4 Å². The van der Waals surface area contributed by atoms with E-state index in [-0.39, 0.29) is 50.2 Å².